The number of nitro benzene ring substituents is 1. The Bertz CT molecular complexity index is 854. The number of hydrogen-bond donors (Lipinski definition) is 0. The van der Waals surface area contributed by atoms with Gasteiger partial charge in [-0.25, -0.2) is 8.42 Å². The van der Waals surface area contributed by atoms with Crippen molar-refractivity contribution in [3.63, 3.8) is 0 Å². The van der Waals surface area contributed by atoms with Crippen molar-refractivity contribution >= 4 is 15.7 Å². The molecule has 2 atom stereocenters. The molecule has 7 nitrogen and oxygen atoms in total. The molecule has 0 aromatic heterocycles. The molecule has 1 heterocycles. The first-order valence-corrected chi connectivity index (χ1v) is 8.80. The predicted octanol–water partition coefficient (Wildman–Crippen LogP) is 2.70. The smallest absolute Gasteiger partial charge is 0.270 e. The highest BCUT2D eigenvalue weighted by molar-refractivity contribution is 7.89. The summed E-state index contributed by atoms with van der Waals surface area (Å²) in [4.78, 5) is 10.1. The maximum Gasteiger partial charge on any atom is 0.270 e. The van der Waals surface area contributed by atoms with Gasteiger partial charge < -0.3 is 4.74 Å². The van der Waals surface area contributed by atoms with Gasteiger partial charge in [-0.05, 0) is 18.6 Å². The summed E-state index contributed by atoms with van der Waals surface area (Å²) in [5.74, 6) is 0. The molecule has 1 saturated heterocycles. The van der Waals surface area contributed by atoms with E-state index in [0.29, 0.717) is 0 Å². The van der Waals surface area contributed by atoms with Crippen LogP contribution in [0, 0.1) is 10.1 Å². The molecule has 2 aromatic rings. The maximum absolute atomic E-state index is 12.8. The van der Waals surface area contributed by atoms with Crippen LogP contribution in [0.15, 0.2) is 59.5 Å². The largest absolute Gasteiger partial charge is 0.353 e. The van der Waals surface area contributed by atoms with Crippen molar-refractivity contribution in [2.45, 2.75) is 24.2 Å². The fraction of sp³-hybridized carbons (Fsp3) is 0.250. The van der Waals surface area contributed by atoms with Gasteiger partial charge in [-0.3, -0.25) is 10.1 Å². The predicted molar refractivity (Wildman–Crippen MR) is 86.7 cm³/mol. The summed E-state index contributed by atoms with van der Waals surface area (Å²) in [6.45, 7) is 1.81. The normalized spacial score (nSPS) is 21.7. The van der Waals surface area contributed by atoms with E-state index in [1.165, 1.54) is 22.5 Å². The number of nitrogens with zero attached hydrogens (tertiary/aromatic N) is 2. The molecule has 126 valence electrons. The van der Waals surface area contributed by atoms with Crippen LogP contribution in [0.2, 0.25) is 0 Å². The highest BCUT2D eigenvalue weighted by atomic mass is 32.2. The molecule has 0 radical (unpaired) electrons. The average Bonchev–Trinajstić information content (AvgIpc) is 2.98. The zero-order valence-electron chi connectivity index (χ0n) is 12.9. The van der Waals surface area contributed by atoms with Gasteiger partial charge in [0.05, 0.1) is 15.9 Å². The van der Waals surface area contributed by atoms with Crippen LogP contribution in [0.25, 0.3) is 0 Å². The first kappa shape index (κ1) is 16.6. The van der Waals surface area contributed by atoms with Gasteiger partial charge >= 0.3 is 0 Å². The summed E-state index contributed by atoms with van der Waals surface area (Å²) < 4.78 is 32.6. The van der Waals surface area contributed by atoms with Crippen LogP contribution in [0.5, 0.6) is 0 Å². The first-order chi connectivity index (χ1) is 11.4. The molecule has 0 bridgehead atoms. The second-order valence-electron chi connectivity index (χ2n) is 5.46. The topological polar surface area (TPSA) is 89.8 Å². The van der Waals surface area contributed by atoms with E-state index in [0.717, 1.165) is 11.6 Å². The average molecular weight is 348 g/mol. The second-order valence-corrected chi connectivity index (χ2v) is 7.35. The van der Waals surface area contributed by atoms with Gasteiger partial charge in [0.25, 0.3) is 5.69 Å². The van der Waals surface area contributed by atoms with Crippen LogP contribution < -0.4 is 0 Å². The molecule has 0 N–H and O–H groups in total. The van der Waals surface area contributed by atoms with Gasteiger partial charge in [-0.15, -0.1) is 0 Å². The van der Waals surface area contributed by atoms with Crippen LogP contribution in [0.3, 0.4) is 0 Å². The van der Waals surface area contributed by atoms with E-state index in [2.05, 4.69) is 0 Å². The molecule has 1 aliphatic rings. The number of sulfonamides is 1. The molecule has 0 spiro atoms. The Hall–Kier alpha value is -2.29. The number of benzene rings is 2. The van der Waals surface area contributed by atoms with E-state index in [1.807, 2.05) is 30.3 Å². The molecule has 2 unspecified atom stereocenters. The summed E-state index contributed by atoms with van der Waals surface area (Å²) >= 11 is 0. The van der Waals surface area contributed by atoms with Crippen molar-refractivity contribution < 1.29 is 18.1 Å². The fourth-order valence-corrected chi connectivity index (χ4v) is 4.26. The molecule has 24 heavy (non-hydrogen) atoms. The third kappa shape index (κ3) is 3.03. The Morgan fingerprint density at radius 2 is 1.88 bits per heavy atom. The van der Waals surface area contributed by atoms with Crippen LogP contribution in [-0.2, 0) is 14.8 Å². The number of non-ortho nitro benzene ring substituents is 1. The highest BCUT2D eigenvalue weighted by Crippen LogP contribution is 2.33. The lowest BCUT2D eigenvalue weighted by molar-refractivity contribution is -0.385. The van der Waals surface area contributed by atoms with E-state index in [9.17, 15) is 18.5 Å². The van der Waals surface area contributed by atoms with E-state index in [1.54, 1.807) is 6.92 Å². The summed E-state index contributed by atoms with van der Waals surface area (Å²) in [6.07, 6.45) is -1.02. The second kappa shape index (κ2) is 6.31. The minimum Gasteiger partial charge on any atom is -0.353 e. The van der Waals surface area contributed by atoms with Crippen LogP contribution in [-0.4, -0.2) is 30.4 Å². The molecule has 0 aliphatic carbocycles. The Morgan fingerprint density at radius 3 is 2.54 bits per heavy atom. The Morgan fingerprint density at radius 1 is 1.17 bits per heavy atom. The van der Waals surface area contributed by atoms with Crippen LogP contribution in [0.4, 0.5) is 5.69 Å². The Kier molecular flexibility index (Phi) is 4.35. The van der Waals surface area contributed by atoms with Gasteiger partial charge in [-0.1, -0.05) is 36.4 Å². The SMILES string of the molecule is CC1OC(c2ccccc2)CN1S(=O)(=O)c1cccc([N+](=O)[O-])c1. The van der Waals surface area contributed by atoms with E-state index < -0.39 is 21.2 Å². The number of ether oxygens (including phenoxy) is 1. The lowest BCUT2D eigenvalue weighted by Crippen LogP contribution is -2.34. The zero-order valence-corrected chi connectivity index (χ0v) is 13.7. The molecule has 3 rings (SSSR count). The Labute approximate surface area is 139 Å². The summed E-state index contributed by atoms with van der Waals surface area (Å²) in [7, 11) is -3.88. The lowest BCUT2D eigenvalue weighted by Gasteiger charge is -2.18. The van der Waals surface area contributed by atoms with Crippen molar-refractivity contribution in [1.82, 2.24) is 4.31 Å². The van der Waals surface area contributed by atoms with E-state index in [-0.39, 0.29) is 23.2 Å². The molecular formula is C16H16N2O5S. The molecule has 0 saturated carbocycles. The molecule has 0 amide bonds. The molecule has 1 aliphatic heterocycles. The number of hydrogen-bond acceptors (Lipinski definition) is 5. The first-order valence-electron chi connectivity index (χ1n) is 7.36. The van der Waals surface area contributed by atoms with Gasteiger partial charge in [0.1, 0.15) is 6.23 Å². The van der Waals surface area contributed by atoms with Crippen molar-refractivity contribution in [2.24, 2.45) is 0 Å². The molecule has 8 heteroatoms. The van der Waals surface area contributed by atoms with Crippen molar-refractivity contribution in [1.29, 1.82) is 0 Å². The number of rotatable bonds is 4. The fourth-order valence-electron chi connectivity index (χ4n) is 2.70. The lowest BCUT2D eigenvalue weighted by atomic mass is 10.1. The molecule has 2 aromatic carbocycles. The zero-order chi connectivity index (χ0) is 17.3. The van der Waals surface area contributed by atoms with Crippen molar-refractivity contribution in [3.05, 3.63) is 70.3 Å². The third-order valence-corrected chi connectivity index (χ3v) is 5.83. The summed E-state index contributed by atoms with van der Waals surface area (Å²) in [5, 5.41) is 10.9. The monoisotopic (exact) mass is 348 g/mol. The highest BCUT2D eigenvalue weighted by Gasteiger charge is 2.39. The van der Waals surface area contributed by atoms with E-state index in [4.69, 9.17) is 4.74 Å². The standard InChI is InChI=1S/C16H16N2O5S/c1-12-17(11-16(23-12)13-6-3-2-4-7-13)24(21,22)15-9-5-8-14(10-15)18(19)20/h2-10,12,16H,11H2,1H3. The van der Waals surface area contributed by atoms with Crippen molar-refractivity contribution in [2.75, 3.05) is 6.54 Å². The van der Waals surface area contributed by atoms with Gasteiger partial charge in [0, 0.05) is 18.7 Å². The van der Waals surface area contributed by atoms with Gasteiger partial charge in [-0.2, -0.15) is 4.31 Å². The van der Waals surface area contributed by atoms with Gasteiger partial charge in [0.2, 0.25) is 10.0 Å². The van der Waals surface area contributed by atoms with Crippen LogP contribution >= 0.6 is 0 Å². The minimum absolute atomic E-state index is 0.110. The third-order valence-electron chi connectivity index (χ3n) is 3.92. The molecular weight excluding hydrogens is 332 g/mol. The Balaban J connectivity index is 1.90. The maximum atomic E-state index is 12.8. The number of nitro groups is 1. The van der Waals surface area contributed by atoms with Crippen LogP contribution in [0.1, 0.15) is 18.6 Å². The quantitative estimate of drug-likeness (QED) is 0.626. The van der Waals surface area contributed by atoms with Gasteiger partial charge in [0.15, 0.2) is 0 Å². The summed E-state index contributed by atoms with van der Waals surface area (Å²) in [5.41, 5.74) is 0.629. The molecule has 1 fully saturated rings. The minimum atomic E-state index is -3.88. The van der Waals surface area contributed by atoms with Crippen molar-refractivity contribution in [3.8, 4) is 0 Å². The summed E-state index contributed by atoms with van der Waals surface area (Å²) in [6, 6.07) is 14.4. The van der Waals surface area contributed by atoms with E-state index >= 15 is 0 Å².